The quantitative estimate of drug-likeness (QED) is 0.881. The first kappa shape index (κ1) is 16.5. The predicted molar refractivity (Wildman–Crippen MR) is 83.2 cm³/mol. The van der Waals surface area contributed by atoms with Crippen molar-refractivity contribution in [3.63, 3.8) is 0 Å². The third kappa shape index (κ3) is 4.10. The maximum absolute atomic E-state index is 13.5. The van der Waals surface area contributed by atoms with Gasteiger partial charge in [0.1, 0.15) is 16.5 Å². The fourth-order valence-corrected chi connectivity index (χ4v) is 3.18. The van der Waals surface area contributed by atoms with Gasteiger partial charge in [-0.3, -0.25) is 4.79 Å². The van der Waals surface area contributed by atoms with Crippen molar-refractivity contribution >= 4 is 17.2 Å². The van der Waals surface area contributed by atoms with Crippen molar-refractivity contribution in [3.8, 4) is 0 Å². The molecule has 0 radical (unpaired) electrons. The Morgan fingerprint density at radius 1 is 1.32 bits per heavy atom. The molecule has 1 aromatic heterocycles. The Bertz CT molecular complexity index is 670. The summed E-state index contributed by atoms with van der Waals surface area (Å²) in [6.45, 7) is 4.17. The normalized spacial score (nSPS) is 10.7. The molecular formula is C16H18F2N2OS. The van der Waals surface area contributed by atoms with Gasteiger partial charge in [-0.2, -0.15) is 0 Å². The second-order valence-electron chi connectivity index (χ2n) is 5.01. The fourth-order valence-electron chi connectivity index (χ4n) is 2.10. The molecule has 2 rings (SSSR count). The molecule has 1 aromatic carbocycles. The number of hydrogen-bond donors (Lipinski definition) is 1. The molecule has 118 valence electrons. The van der Waals surface area contributed by atoms with Crippen molar-refractivity contribution < 1.29 is 13.6 Å². The van der Waals surface area contributed by atoms with Gasteiger partial charge in [0.25, 0.3) is 5.91 Å². The molecule has 22 heavy (non-hydrogen) atoms. The number of aromatic nitrogens is 1. The van der Waals surface area contributed by atoms with E-state index < -0.39 is 11.6 Å². The Labute approximate surface area is 132 Å². The molecule has 1 N–H and O–H groups in total. The number of amides is 1. The average molecular weight is 324 g/mol. The number of nitrogens with one attached hydrogen (secondary N) is 1. The van der Waals surface area contributed by atoms with E-state index in [1.54, 1.807) is 0 Å². The van der Waals surface area contributed by atoms with E-state index in [-0.39, 0.29) is 5.91 Å². The maximum atomic E-state index is 13.5. The molecule has 2 aromatic rings. The predicted octanol–water partition coefficient (Wildman–Crippen LogP) is 3.65. The molecule has 0 unspecified atom stereocenters. The van der Waals surface area contributed by atoms with Crippen molar-refractivity contribution in [1.29, 1.82) is 0 Å². The lowest BCUT2D eigenvalue weighted by molar-refractivity contribution is 0.0957. The molecule has 1 heterocycles. The molecular weight excluding hydrogens is 306 g/mol. The van der Waals surface area contributed by atoms with Crippen molar-refractivity contribution in [3.05, 3.63) is 51.0 Å². The van der Waals surface area contributed by atoms with Crippen LogP contribution in [0.15, 0.2) is 18.2 Å². The van der Waals surface area contributed by atoms with Gasteiger partial charge in [0.15, 0.2) is 0 Å². The summed E-state index contributed by atoms with van der Waals surface area (Å²) < 4.78 is 26.3. The van der Waals surface area contributed by atoms with Crippen LogP contribution in [0.5, 0.6) is 0 Å². The summed E-state index contributed by atoms with van der Waals surface area (Å²) in [6.07, 6.45) is 2.16. The summed E-state index contributed by atoms with van der Waals surface area (Å²) >= 11 is 1.40. The molecule has 0 spiro atoms. The highest BCUT2D eigenvalue weighted by Gasteiger charge is 2.14. The van der Waals surface area contributed by atoms with Gasteiger partial charge in [-0.25, -0.2) is 13.8 Å². The van der Waals surface area contributed by atoms with Crippen molar-refractivity contribution in [2.45, 2.75) is 33.1 Å². The largest absolute Gasteiger partial charge is 0.351 e. The minimum atomic E-state index is -0.603. The molecule has 0 saturated carbocycles. The van der Waals surface area contributed by atoms with Gasteiger partial charge in [-0.1, -0.05) is 13.0 Å². The Morgan fingerprint density at radius 3 is 2.77 bits per heavy atom. The lowest BCUT2D eigenvalue weighted by Gasteiger charge is -2.05. The Hall–Kier alpha value is -1.82. The van der Waals surface area contributed by atoms with Crippen LogP contribution in [0.4, 0.5) is 8.78 Å². The molecule has 0 bridgehead atoms. The van der Waals surface area contributed by atoms with E-state index in [4.69, 9.17) is 0 Å². The third-order valence-electron chi connectivity index (χ3n) is 3.21. The summed E-state index contributed by atoms with van der Waals surface area (Å²) in [4.78, 5) is 17.1. The van der Waals surface area contributed by atoms with E-state index in [9.17, 15) is 13.6 Å². The van der Waals surface area contributed by atoms with Gasteiger partial charge in [0, 0.05) is 12.6 Å². The van der Waals surface area contributed by atoms with E-state index in [2.05, 4.69) is 17.2 Å². The Kier molecular flexibility index (Phi) is 5.60. The summed E-state index contributed by atoms with van der Waals surface area (Å²) in [7, 11) is 0. The van der Waals surface area contributed by atoms with E-state index in [0.717, 1.165) is 29.6 Å². The van der Waals surface area contributed by atoms with Crippen LogP contribution in [-0.4, -0.2) is 17.4 Å². The number of carbonyl (C=O) groups excluding carboxylic acids is 1. The van der Waals surface area contributed by atoms with Crippen molar-refractivity contribution in [1.82, 2.24) is 10.3 Å². The van der Waals surface area contributed by atoms with E-state index in [0.29, 0.717) is 23.4 Å². The van der Waals surface area contributed by atoms with Crippen LogP contribution in [0.3, 0.4) is 0 Å². The van der Waals surface area contributed by atoms with Gasteiger partial charge in [0.05, 0.1) is 10.7 Å². The molecule has 0 aliphatic rings. The monoisotopic (exact) mass is 324 g/mol. The summed E-state index contributed by atoms with van der Waals surface area (Å²) in [5, 5.41) is 3.71. The number of hydrogen-bond acceptors (Lipinski definition) is 3. The molecule has 0 aliphatic carbocycles. The first-order chi connectivity index (χ1) is 10.5. The highest BCUT2D eigenvalue weighted by molar-refractivity contribution is 7.13. The number of aryl methyl sites for hydroxylation is 2. The number of nitrogens with zero attached hydrogens (tertiary/aromatic N) is 1. The average Bonchev–Trinajstić information content (AvgIpc) is 2.82. The van der Waals surface area contributed by atoms with Crippen LogP contribution in [0.25, 0.3) is 0 Å². The van der Waals surface area contributed by atoms with Gasteiger partial charge >= 0.3 is 0 Å². The van der Waals surface area contributed by atoms with Crippen molar-refractivity contribution in [2.24, 2.45) is 0 Å². The summed E-state index contributed by atoms with van der Waals surface area (Å²) in [5.41, 5.74) is 1.10. The van der Waals surface area contributed by atoms with Gasteiger partial charge in [-0.15, -0.1) is 11.3 Å². The maximum Gasteiger partial charge on any atom is 0.263 e. The molecule has 0 atom stereocenters. The first-order valence-electron chi connectivity index (χ1n) is 7.19. The summed E-state index contributed by atoms with van der Waals surface area (Å²) in [5.74, 6) is -1.39. The zero-order valence-corrected chi connectivity index (χ0v) is 13.4. The lowest BCUT2D eigenvalue weighted by Crippen LogP contribution is -2.25. The number of thiazole rings is 1. The van der Waals surface area contributed by atoms with Crippen LogP contribution < -0.4 is 5.32 Å². The Balaban J connectivity index is 1.92. The first-order valence-corrected chi connectivity index (χ1v) is 8.01. The Morgan fingerprint density at radius 2 is 2.09 bits per heavy atom. The van der Waals surface area contributed by atoms with Gasteiger partial charge in [0.2, 0.25) is 0 Å². The minimum Gasteiger partial charge on any atom is -0.351 e. The topological polar surface area (TPSA) is 42.0 Å². The van der Waals surface area contributed by atoms with Crippen molar-refractivity contribution in [2.75, 3.05) is 6.54 Å². The van der Waals surface area contributed by atoms with Crippen LogP contribution in [0, 0.1) is 18.6 Å². The molecule has 3 nitrogen and oxygen atoms in total. The second-order valence-corrected chi connectivity index (χ2v) is 6.10. The van der Waals surface area contributed by atoms with E-state index >= 15 is 0 Å². The third-order valence-corrected chi connectivity index (χ3v) is 4.42. The van der Waals surface area contributed by atoms with Gasteiger partial charge < -0.3 is 5.32 Å². The number of carbonyl (C=O) groups is 1. The zero-order chi connectivity index (χ0) is 16.1. The fraction of sp³-hybridized carbons (Fsp3) is 0.375. The highest BCUT2D eigenvalue weighted by Crippen LogP contribution is 2.19. The molecule has 1 amide bonds. The van der Waals surface area contributed by atoms with E-state index in [1.165, 1.54) is 23.5 Å². The molecule has 0 aliphatic heterocycles. The summed E-state index contributed by atoms with van der Waals surface area (Å²) in [6, 6.07) is 3.46. The van der Waals surface area contributed by atoms with Gasteiger partial charge in [-0.05, 0) is 37.8 Å². The highest BCUT2D eigenvalue weighted by atomic mass is 32.1. The zero-order valence-electron chi connectivity index (χ0n) is 12.6. The number of benzene rings is 1. The number of halogens is 2. The van der Waals surface area contributed by atoms with Crippen LogP contribution in [0.2, 0.25) is 0 Å². The second kappa shape index (κ2) is 7.45. The molecule has 0 fully saturated rings. The molecule has 0 saturated heterocycles. The lowest BCUT2D eigenvalue weighted by atomic mass is 10.1. The van der Waals surface area contributed by atoms with E-state index in [1.807, 2.05) is 6.92 Å². The molecule has 6 heteroatoms. The minimum absolute atomic E-state index is 0.195. The van der Waals surface area contributed by atoms with Crippen LogP contribution in [-0.2, 0) is 12.8 Å². The smallest absolute Gasteiger partial charge is 0.263 e. The van der Waals surface area contributed by atoms with Crippen LogP contribution in [0.1, 0.15) is 39.3 Å². The standard InChI is InChI=1S/C16H18F2N2OS/c1-3-4-14-20-10(2)15(22-14)16(21)19-8-7-11-5-6-12(17)9-13(11)18/h5-6,9H,3-4,7-8H2,1-2H3,(H,19,21). The SMILES string of the molecule is CCCc1nc(C)c(C(=O)NCCc2ccc(F)cc2F)s1. The number of rotatable bonds is 6. The van der Waals surface area contributed by atoms with Crippen LogP contribution >= 0.6 is 11.3 Å².